The van der Waals surface area contributed by atoms with Gasteiger partial charge >= 0.3 is 11.9 Å². The average Bonchev–Trinajstić information content (AvgIpc) is 3.30. The highest BCUT2D eigenvalue weighted by Crippen LogP contribution is 2.34. The second-order valence-corrected chi connectivity index (χ2v) is 7.61. The van der Waals surface area contributed by atoms with Crippen molar-refractivity contribution in [3.8, 4) is 0 Å². The molecule has 10 heteroatoms. The highest BCUT2D eigenvalue weighted by Gasteiger charge is 2.28. The fourth-order valence-corrected chi connectivity index (χ4v) is 4.13. The molecule has 0 bridgehead atoms. The first-order chi connectivity index (χ1) is 14.7. The molecule has 1 N–H and O–H groups in total. The molecule has 2 aromatic heterocycles. The van der Waals surface area contributed by atoms with Crippen LogP contribution in [0.4, 0.5) is 5.00 Å². The third kappa shape index (κ3) is 5.52. The molecular formula is C21H27N3O6S. The monoisotopic (exact) mass is 449 g/mol. The largest absolute Gasteiger partial charge is 0.462 e. The summed E-state index contributed by atoms with van der Waals surface area (Å²) in [6.45, 7) is 7.67. The molecule has 0 radical (unpaired) electrons. The lowest BCUT2D eigenvalue weighted by Gasteiger charge is -2.18. The molecule has 0 unspecified atom stereocenters. The standard InChI is InChI=1S/C21H27N3O6S/c1-6-24(7-2)19(26)17-13(4)16(21(28)29-8-3)18(31-17)22-15(25)12-30-20(27)14-10-9-11-23(14)5/h9-11H,6-8,12H2,1-5H3,(H,22,25). The Morgan fingerprint density at radius 3 is 2.32 bits per heavy atom. The van der Waals surface area contributed by atoms with Gasteiger partial charge < -0.3 is 24.3 Å². The van der Waals surface area contributed by atoms with E-state index in [9.17, 15) is 19.2 Å². The van der Waals surface area contributed by atoms with Gasteiger partial charge in [-0.1, -0.05) is 0 Å². The molecule has 0 saturated heterocycles. The van der Waals surface area contributed by atoms with Crippen LogP contribution in [0.3, 0.4) is 0 Å². The summed E-state index contributed by atoms with van der Waals surface area (Å²) in [5.41, 5.74) is 0.875. The lowest BCUT2D eigenvalue weighted by atomic mass is 10.1. The maximum Gasteiger partial charge on any atom is 0.355 e. The van der Waals surface area contributed by atoms with Gasteiger partial charge in [-0.3, -0.25) is 9.59 Å². The molecule has 2 amide bonds. The van der Waals surface area contributed by atoms with E-state index in [1.807, 2.05) is 13.8 Å². The SMILES string of the molecule is CCOC(=O)c1c(NC(=O)COC(=O)c2cccn2C)sc(C(=O)N(CC)CC)c1C. The number of amides is 2. The predicted octanol–water partition coefficient (Wildman–Crippen LogP) is 2.85. The fraction of sp³-hybridized carbons (Fsp3) is 0.429. The molecule has 31 heavy (non-hydrogen) atoms. The van der Waals surface area contributed by atoms with Crippen LogP contribution in [0.25, 0.3) is 0 Å². The molecule has 9 nitrogen and oxygen atoms in total. The first-order valence-electron chi connectivity index (χ1n) is 9.93. The van der Waals surface area contributed by atoms with Crippen molar-refractivity contribution in [2.24, 2.45) is 7.05 Å². The van der Waals surface area contributed by atoms with E-state index < -0.39 is 24.5 Å². The fourth-order valence-electron chi connectivity index (χ4n) is 2.95. The van der Waals surface area contributed by atoms with Crippen molar-refractivity contribution in [3.05, 3.63) is 40.0 Å². The summed E-state index contributed by atoms with van der Waals surface area (Å²) < 4.78 is 11.7. The summed E-state index contributed by atoms with van der Waals surface area (Å²) in [6, 6.07) is 3.26. The highest BCUT2D eigenvalue weighted by atomic mass is 32.1. The third-order valence-electron chi connectivity index (χ3n) is 4.61. The number of esters is 2. The molecule has 0 atom stereocenters. The van der Waals surface area contributed by atoms with Crippen molar-refractivity contribution < 1.29 is 28.7 Å². The van der Waals surface area contributed by atoms with Crippen molar-refractivity contribution in [1.82, 2.24) is 9.47 Å². The number of carbonyl (C=O) groups is 4. The number of aryl methyl sites for hydroxylation is 1. The van der Waals surface area contributed by atoms with Crippen LogP contribution in [0.2, 0.25) is 0 Å². The van der Waals surface area contributed by atoms with Gasteiger partial charge in [-0.05, 0) is 45.4 Å². The molecule has 168 valence electrons. The highest BCUT2D eigenvalue weighted by molar-refractivity contribution is 7.18. The Hall–Kier alpha value is -3.14. The van der Waals surface area contributed by atoms with Crippen LogP contribution in [-0.2, 0) is 21.3 Å². The number of hydrogen-bond donors (Lipinski definition) is 1. The summed E-state index contributed by atoms with van der Waals surface area (Å²) in [4.78, 5) is 51.8. The number of anilines is 1. The lowest BCUT2D eigenvalue weighted by Crippen LogP contribution is -2.30. The van der Waals surface area contributed by atoms with E-state index in [2.05, 4.69) is 5.32 Å². The van der Waals surface area contributed by atoms with Gasteiger partial charge in [0, 0.05) is 26.3 Å². The van der Waals surface area contributed by atoms with Crippen molar-refractivity contribution >= 4 is 40.1 Å². The van der Waals surface area contributed by atoms with Crippen molar-refractivity contribution in [2.45, 2.75) is 27.7 Å². The van der Waals surface area contributed by atoms with Gasteiger partial charge in [0.1, 0.15) is 10.7 Å². The van der Waals surface area contributed by atoms with Crippen LogP contribution >= 0.6 is 11.3 Å². The molecule has 0 aliphatic rings. The predicted molar refractivity (Wildman–Crippen MR) is 117 cm³/mol. The van der Waals surface area contributed by atoms with Crippen LogP contribution in [0.15, 0.2) is 18.3 Å². The van der Waals surface area contributed by atoms with E-state index in [0.29, 0.717) is 29.2 Å². The quantitative estimate of drug-likeness (QED) is 0.590. The zero-order valence-electron chi connectivity index (χ0n) is 18.3. The molecule has 2 rings (SSSR count). The smallest absolute Gasteiger partial charge is 0.355 e. The summed E-state index contributed by atoms with van der Waals surface area (Å²) >= 11 is 1.00. The minimum atomic E-state index is -0.645. The Labute approximate surface area is 184 Å². The molecule has 2 heterocycles. The van der Waals surface area contributed by atoms with Crippen molar-refractivity contribution in [3.63, 3.8) is 0 Å². The summed E-state index contributed by atoms with van der Waals surface area (Å²) in [5.74, 6) is -2.14. The van der Waals surface area contributed by atoms with Gasteiger partial charge in [0.2, 0.25) is 0 Å². The number of nitrogens with zero attached hydrogens (tertiary/aromatic N) is 2. The number of thiophene rings is 1. The second-order valence-electron chi connectivity index (χ2n) is 6.59. The van der Waals surface area contributed by atoms with Gasteiger partial charge in [-0.15, -0.1) is 11.3 Å². The molecule has 0 aromatic carbocycles. The zero-order chi connectivity index (χ0) is 23.1. The molecular weight excluding hydrogens is 422 g/mol. The summed E-state index contributed by atoms with van der Waals surface area (Å²) in [5, 5.41) is 2.77. The number of nitrogens with one attached hydrogen (secondary N) is 1. The van der Waals surface area contributed by atoms with Gasteiger partial charge in [0.15, 0.2) is 6.61 Å². The molecule has 0 fully saturated rings. The van der Waals surface area contributed by atoms with Crippen LogP contribution in [-0.4, -0.2) is 59.5 Å². The van der Waals surface area contributed by atoms with Crippen molar-refractivity contribution in [2.75, 3.05) is 31.6 Å². The Bertz CT molecular complexity index is 974. The Morgan fingerprint density at radius 1 is 1.10 bits per heavy atom. The van der Waals surface area contributed by atoms with E-state index in [1.54, 1.807) is 48.7 Å². The van der Waals surface area contributed by atoms with Gasteiger partial charge in [0.25, 0.3) is 11.8 Å². The van der Waals surface area contributed by atoms with Gasteiger partial charge in [-0.2, -0.15) is 0 Å². The molecule has 0 spiro atoms. The summed E-state index contributed by atoms with van der Waals surface area (Å²) in [7, 11) is 1.69. The zero-order valence-corrected chi connectivity index (χ0v) is 19.1. The molecule has 0 aliphatic heterocycles. The topological polar surface area (TPSA) is 107 Å². The number of carbonyl (C=O) groups excluding carboxylic acids is 4. The maximum absolute atomic E-state index is 12.8. The molecule has 0 aliphatic carbocycles. The van der Waals surface area contributed by atoms with E-state index in [4.69, 9.17) is 9.47 Å². The Kier molecular flexibility index (Phi) is 8.38. The Morgan fingerprint density at radius 2 is 1.77 bits per heavy atom. The Balaban J connectivity index is 2.23. The molecule has 0 saturated carbocycles. The van der Waals surface area contributed by atoms with Crippen LogP contribution in [0.5, 0.6) is 0 Å². The van der Waals surface area contributed by atoms with Crippen LogP contribution < -0.4 is 5.32 Å². The number of aromatic nitrogens is 1. The van der Waals surface area contributed by atoms with Crippen LogP contribution in [0.1, 0.15) is 56.9 Å². The van der Waals surface area contributed by atoms with E-state index in [1.165, 1.54) is 0 Å². The summed E-state index contributed by atoms with van der Waals surface area (Å²) in [6.07, 6.45) is 1.69. The minimum absolute atomic E-state index is 0.129. The number of hydrogen-bond acceptors (Lipinski definition) is 7. The number of ether oxygens (including phenoxy) is 2. The van der Waals surface area contributed by atoms with E-state index in [0.717, 1.165) is 11.3 Å². The van der Waals surface area contributed by atoms with E-state index >= 15 is 0 Å². The normalized spacial score (nSPS) is 10.5. The first-order valence-corrected chi connectivity index (χ1v) is 10.7. The average molecular weight is 450 g/mol. The second kappa shape index (κ2) is 10.8. The minimum Gasteiger partial charge on any atom is -0.462 e. The molecule has 2 aromatic rings. The first kappa shape index (κ1) is 24.1. The van der Waals surface area contributed by atoms with Gasteiger partial charge in [-0.25, -0.2) is 9.59 Å². The lowest BCUT2D eigenvalue weighted by molar-refractivity contribution is -0.119. The van der Waals surface area contributed by atoms with Crippen LogP contribution in [0, 0.1) is 6.92 Å². The maximum atomic E-state index is 12.8. The van der Waals surface area contributed by atoms with Gasteiger partial charge in [0.05, 0.1) is 17.0 Å². The van der Waals surface area contributed by atoms with Crippen molar-refractivity contribution in [1.29, 1.82) is 0 Å². The van der Waals surface area contributed by atoms with E-state index in [-0.39, 0.29) is 23.1 Å². The number of rotatable bonds is 9. The third-order valence-corrected chi connectivity index (χ3v) is 5.81.